The molecule has 2 aliphatic rings. The van der Waals surface area contributed by atoms with Crippen LogP contribution in [-0.2, 0) is 4.74 Å². The van der Waals surface area contributed by atoms with E-state index < -0.39 is 0 Å². The number of hydrogen-bond acceptors (Lipinski definition) is 1. The van der Waals surface area contributed by atoms with Crippen LogP contribution < -0.4 is 0 Å². The summed E-state index contributed by atoms with van der Waals surface area (Å²) in [6, 6.07) is 0. The molecule has 0 bridgehead atoms. The highest BCUT2D eigenvalue weighted by Gasteiger charge is 2.53. The molecule has 0 saturated carbocycles. The fourth-order valence-corrected chi connectivity index (χ4v) is 3.79. The minimum absolute atomic E-state index is 0.173. The molecule has 1 saturated heterocycles. The third-order valence-electron chi connectivity index (χ3n) is 4.70. The maximum atomic E-state index is 6.19. The second-order valence-corrected chi connectivity index (χ2v) is 5.65. The molecule has 1 heteroatoms. The van der Waals surface area contributed by atoms with Crippen molar-refractivity contribution in [1.82, 2.24) is 0 Å². The van der Waals surface area contributed by atoms with Gasteiger partial charge in [-0.2, -0.15) is 0 Å². The van der Waals surface area contributed by atoms with Crippen molar-refractivity contribution >= 4 is 0 Å². The van der Waals surface area contributed by atoms with Crippen LogP contribution in [0.15, 0.2) is 11.6 Å². The molecule has 0 amide bonds. The van der Waals surface area contributed by atoms with Gasteiger partial charge in [-0.1, -0.05) is 32.4 Å². The van der Waals surface area contributed by atoms with Gasteiger partial charge in [0, 0.05) is 5.41 Å². The Bertz CT molecular complexity index is 275. The van der Waals surface area contributed by atoms with Gasteiger partial charge in [-0.15, -0.1) is 0 Å². The summed E-state index contributed by atoms with van der Waals surface area (Å²) < 4.78 is 6.19. The molecular formula is C14H24O. The van der Waals surface area contributed by atoms with E-state index in [-0.39, 0.29) is 5.60 Å². The molecule has 0 radical (unpaired) electrons. The second kappa shape index (κ2) is 3.62. The van der Waals surface area contributed by atoms with Crippen molar-refractivity contribution in [2.75, 3.05) is 6.61 Å². The maximum Gasteiger partial charge on any atom is 0.0714 e. The third-order valence-corrected chi connectivity index (χ3v) is 4.70. The number of hydrogen-bond donors (Lipinski definition) is 0. The van der Waals surface area contributed by atoms with Crippen LogP contribution in [0, 0.1) is 11.3 Å². The first-order chi connectivity index (χ1) is 7.06. The summed E-state index contributed by atoms with van der Waals surface area (Å²) in [5.41, 5.74) is 2.04. The molecule has 1 fully saturated rings. The lowest BCUT2D eigenvalue weighted by Crippen LogP contribution is -2.40. The molecule has 1 nitrogen and oxygen atoms in total. The fourth-order valence-electron chi connectivity index (χ4n) is 3.79. The Labute approximate surface area is 93.9 Å². The average molecular weight is 208 g/mol. The highest BCUT2D eigenvalue weighted by atomic mass is 16.5. The first-order valence-electron chi connectivity index (χ1n) is 6.38. The molecule has 0 N–H and O–H groups in total. The molecule has 1 aliphatic heterocycles. The Balaban J connectivity index is 2.32. The number of fused-ring (bicyclic) bond motifs is 1. The highest BCUT2D eigenvalue weighted by Crippen LogP contribution is 2.54. The Morgan fingerprint density at radius 3 is 2.67 bits per heavy atom. The number of allylic oxidation sites excluding steroid dienone is 1. The van der Waals surface area contributed by atoms with Gasteiger partial charge in [-0.05, 0) is 38.5 Å². The van der Waals surface area contributed by atoms with Gasteiger partial charge in [-0.3, -0.25) is 0 Å². The van der Waals surface area contributed by atoms with E-state index in [4.69, 9.17) is 4.74 Å². The number of ether oxygens (including phenoxy) is 1. The SMILES string of the molecule is CCC1(CC)OCC2(C)C=C(C)CCC21. The molecular weight excluding hydrogens is 184 g/mol. The van der Waals surface area contributed by atoms with Gasteiger partial charge < -0.3 is 4.74 Å². The predicted octanol–water partition coefficient (Wildman–Crippen LogP) is 3.94. The largest absolute Gasteiger partial charge is 0.374 e. The standard InChI is InChI=1S/C14H24O/c1-5-14(6-2)12-8-7-11(3)9-13(12,4)10-15-14/h9,12H,5-8,10H2,1-4H3. The lowest BCUT2D eigenvalue weighted by Gasteiger charge is -2.40. The van der Waals surface area contributed by atoms with E-state index in [2.05, 4.69) is 33.8 Å². The molecule has 15 heavy (non-hydrogen) atoms. The smallest absolute Gasteiger partial charge is 0.0714 e. The van der Waals surface area contributed by atoms with Crippen LogP contribution in [0.4, 0.5) is 0 Å². The summed E-state index contributed by atoms with van der Waals surface area (Å²) in [7, 11) is 0. The van der Waals surface area contributed by atoms with Crippen molar-refractivity contribution in [2.45, 2.75) is 59.0 Å². The van der Waals surface area contributed by atoms with E-state index in [1.807, 2.05) is 0 Å². The molecule has 1 aliphatic carbocycles. The van der Waals surface area contributed by atoms with E-state index >= 15 is 0 Å². The van der Waals surface area contributed by atoms with Gasteiger partial charge in [0.15, 0.2) is 0 Å². The van der Waals surface area contributed by atoms with Crippen LogP contribution in [0.1, 0.15) is 53.4 Å². The van der Waals surface area contributed by atoms with Crippen LogP contribution in [0.25, 0.3) is 0 Å². The van der Waals surface area contributed by atoms with E-state index in [0.717, 1.165) is 25.4 Å². The molecule has 0 aromatic carbocycles. The molecule has 1 heterocycles. The van der Waals surface area contributed by atoms with Crippen molar-refractivity contribution in [3.05, 3.63) is 11.6 Å². The van der Waals surface area contributed by atoms with Crippen molar-refractivity contribution in [2.24, 2.45) is 11.3 Å². The van der Waals surface area contributed by atoms with Crippen LogP contribution in [-0.4, -0.2) is 12.2 Å². The van der Waals surface area contributed by atoms with Gasteiger partial charge in [0.1, 0.15) is 0 Å². The van der Waals surface area contributed by atoms with Crippen LogP contribution in [0.3, 0.4) is 0 Å². The average Bonchev–Trinajstić information content (AvgIpc) is 2.51. The topological polar surface area (TPSA) is 9.23 Å². The molecule has 0 aromatic heterocycles. The van der Waals surface area contributed by atoms with Crippen LogP contribution in [0.2, 0.25) is 0 Å². The molecule has 0 spiro atoms. The molecule has 2 rings (SSSR count). The zero-order valence-electron chi connectivity index (χ0n) is 10.6. The zero-order valence-corrected chi connectivity index (χ0v) is 10.6. The van der Waals surface area contributed by atoms with E-state index in [1.165, 1.54) is 12.8 Å². The van der Waals surface area contributed by atoms with Crippen LogP contribution in [0.5, 0.6) is 0 Å². The number of rotatable bonds is 2. The quantitative estimate of drug-likeness (QED) is 0.625. The molecule has 0 aromatic rings. The Morgan fingerprint density at radius 2 is 2.07 bits per heavy atom. The molecule has 2 unspecified atom stereocenters. The summed E-state index contributed by atoms with van der Waals surface area (Å²) in [6.07, 6.45) is 7.40. The minimum Gasteiger partial charge on any atom is -0.374 e. The van der Waals surface area contributed by atoms with Crippen molar-refractivity contribution in [1.29, 1.82) is 0 Å². The first kappa shape index (κ1) is 11.2. The van der Waals surface area contributed by atoms with Crippen LogP contribution >= 0.6 is 0 Å². The molecule has 2 atom stereocenters. The van der Waals surface area contributed by atoms with Gasteiger partial charge >= 0.3 is 0 Å². The van der Waals surface area contributed by atoms with E-state index in [9.17, 15) is 0 Å². The Kier molecular flexibility index (Phi) is 2.70. The maximum absolute atomic E-state index is 6.19. The Hall–Kier alpha value is -0.300. The van der Waals surface area contributed by atoms with E-state index in [0.29, 0.717) is 5.41 Å². The van der Waals surface area contributed by atoms with Crippen molar-refractivity contribution in [3.8, 4) is 0 Å². The first-order valence-corrected chi connectivity index (χ1v) is 6.38. The lowest BCUT2D eigenvalue weighted by atomic mass is 9.64. The second-order valence-electron chi connectivity index (χ2n) is 5.65. The van der Waals surface area contributed by atoms with E-state index in [1.54, 1.807) is 5.57 Å². The van der Waals surface area contributed by atoms with Gasteiger partial charge in [0.2, 0.25) is 0 Å². The Morgan fingerprint density at radius 1 is 1.40 bits per heavy atom. The lowest BCUT2D eigenvalue weighted by molar-refractivity contribution is -0.0300. The third kappa shape index (κ3) is 1.56. The van der Waals surface area contributed by atoms with Crippen molar-refractivity contribution < 1.29 is 4.74 Å². The van der Waals surface area contributed by atoms with Gasteiger partial charge in [0.25, 0.3) is 0 Å². The zero-order chi connectivity index (χ0) is 11.1. The summed E-state index contributed by atoms with van der Waals surface area (Å²) in [6.45, 7) is 10.1. The molecule has 86 valence electrons. The monoisotopic (exact) mass is 208 g/mol. The summed E-state index contributed by atoms with van der Waals surface area (Å²) >= 11 is 0. The highest BCUT2D eigenvalue weighted by molar-refractivity contribution is 5.19. The summed E-state index contributed by atoms with van der Waals surface area (Å²) in [5.74, 6) is 0.740. The normalized spacial score (nSPS) is 38.7. The van der Waals surface area contributed by atoms with Gasteiger partial charge in [-0.25, -0.2) is 0 Å². The summed E-state index contributed by atoms with van der Waals surface area (Å²) in [4.78, 5) is 0. The van der Waals surface area contributed by atoms with Crippen molar-refractivity contribution in [3.63, 3.8) is 0 Å². The predicted molar refractivity (Wildman–Crippen MR) is 63.9 cm³/mol. The van der Waals surface area contributed by atoms with Gasteiger partial charge in [0.05, 0.1) is 12.2 Å². The summed E-state index contributed by atoms with van der Waals surface area (Å²) in [5, 5.41) is 0. The fraction of sp³-hybridized carbons (Fsp3) is 0.857. The minimum atomic E-state index is 0.173.